The summed E-state index contributed by atoms with van der Waals surface area (Å²) in [5.74, 6) is -1.78. The Morgan fingerprint density at radius 3 is 2.17 bits per heavy atom. The number of rotatable bonds is 11. The fraction of sp³-hybridized carbons (Fsp3) is 0.375. The summed E-state index contributed by atoms with van der Waals surface area (Å²) in [5.41, 5.74) is 1.59. The number of carbonyl (C=O) groups is 3. The summed E-state index contributed by atoms with van der Waals surface area (Å²) in [7, 11) is 0. The second-order valence-corrected chi connectivity index (χ2v) is 7.19. The summed E-state index contributed by atoms with van der Waals surface area (Å²) < 4.78 is 0. The minimum absolute atomic E-state index is 0.308. The minimum Gasteiger partial charge on any atom is -0.348 e. The summed E-state index contributed by atoms with van der Waals surface area (Å²) in [6, 6.07) is 16.2. The fourth-order valence-electron chi connectivity index (χ4n) is 3.03. The van der Waals surface area contributed by atoms with E-state index in [4.69, 9.17) is 0 Å². The average Bonchev–Trinajstić information content (AvgIpc) is 2.77. The van der Waals surface area contributed by atoms with Crippen LogP contribution in [-0.2, 0) is 16.1 Å². The maximum Gasteiger partial charge on any atom is 0.313 e. The highest BCUT2D eigenvalue weighted by atomic mass is 16.2. The van der Waals surface area contributed by atoms with Crippen LogP contribution in [0.15, 0.2) is 54.6 Å². The van der Waals surface area contributed by atoms with Crippen LogP contribution in [0.25, 0.3) is 0 Å². The molecule has 3 amide bonds. The number of unbranched alkanes of at least 4 members (excludes halogenated alkanes) is 5. The van der Waals surface area contributed by atoms with Crippen LogP contribution < -0.4 is 16.0 Å². The molecule has 0 unspecified atom stereocenters. The van der Waals surface area contributed by atoms with Crippen molar-refractivity contribution in [1.82, 2.24) is 10.6 Å². The first-order valence-electron chi connectivity index (χ1n) is 10.6. The van der Waals surface area contributed by atoms with Crippen molar-refractivity contribution < 1.29 is 14.4 Å². The molecule has 0 bridgehead atoms. The summed E-state index contributed by atoms with van der Waals surface area (Å²) >= 11 is 0. The average molecular weight is 410 g/mol. The Kier molecular flexibility index (Phi) is 10.1. The molecule has 0 aromatic heterocycles. The fourth-order valence-corrected chi connectivity index (χ4v) is 3.03. The molecule has 0 saturated carbocycles. The maximum atomic E-state index is 12.5. The Labute approximate surface area is 178 Å². The van der Waals surface area contributed by atoms with Gasteiger partial charge in [0.15, 0.2) is 0 Å². The van der Waals surface area contributed by atoms with E-state index in [-0.39, 0.29) is 5.91 Å². The van der Waals surface area contributed by atoms with Gasteiger partial charge in [0.2, 0.25) is 0 Å². The smallest absolute Gasteiger partial charge is 0.313 e. The van der Waals surface area contributed by atoms with Gasteiger partial charge in [-0.3, -0.25) is 14.4 Å². The van der Waals surface area contributed by atoms with Gasteiger partial charge in [0.25, 0.3) is 5.91 Å². The van der Waals surface area contributed by atoms with E-state index < -0.39 is 11.8 Å². The van der Waals surface area contributed by atoms with Gasteiger partial charge < -0.3 is 16.0 Å². The van der Waals surface area contributed by atoms with Crippen LogP contribution in [-0.4, -0.2) is 24.3 Å². The molecule has 0 aliphatic rings. The van der Waals surface area contributed by atoms with Gasteiger partial charge in [0.1, 0.15) is 0 Å². The molecule has 2 aromatic rings. The Hall–Kier alpha value is -3.15. The van der Waals surface area contributed by atoms with E-state index in [2.05, 4.69) is 22.9 Å². The second-order valence-electron chi connectivity index (χ2n) is 7.19. The van der Waals surface area contributed by atoms with E-state index in [0.29, 0.717) is 24.3 Å². The first-order valence-corrected chi connectivity index (χ1v) is 10.6. The second kappa shape index (κ2) is 13.1. The molecule has 2 rings (SSSR count). The third kappa shape index (κ3) is 8.07. The molecule has 0 fully saturated rings. The first kappa shape index (κ1) is 23.1. The Morgan fingerprint density at radius 2 is 1.40 bits per heavy atom. The molecule has 30 heavy (non-hydrogen) atoms. The predicted molar refractivity (Wildman–Crippen MR) is 119 cm³/mol. The lowest BCUT2D eigenvalue weighted by Crippen LogP contribution is -2.36. The number of nitrogens with one attached hydrogen (secondary N) is 3. The van der Waals surface area contributed by atoms with Gasteiger partial charge in [-0.1, -0.05) is 81.5 Å². The maximum absolute atomic E-state index is 12.5. The van der Waals surface area contributed by atoms with Gasteiger partial charge in [0, 0.05) is 13.1 Å². The minimum atomic E-state index is -0.774. The van der Waals surface area contributed by atoms with Crippen molar-refractivity contribution in [2.45, 2.75) is 52.0 Å². The molecule has 2 aromatic carbocycles. The zero-order valence-corrected chi connectivity index (χ0v) is 17.6. The zero-order valence-electron chi connectivity index (χ0n) is 17.6. The molecule has 0 atom stereocenters. The number of amides is 3. The van der Waals surface area contributed by atoms with Crippen molar-refractivity contribution in [1.29, 1.82) is 0 Å². The number of benzene rings is 2. The van der Waals surface area contributed by atoms with Gasteiger partial charge in [0.05, 0.1) is 11.3 Å². The molecule has 0 radical (unpaired) electrons. The standard InChI is InChI=1S/C24H31N3O3/c1-2-3-4-5-6-12-17-25-23(29)24(30)27-21-16-11-10-15-20(21)22(28)26-18-19-13-8-7-9-14-19/h7-11,13-16H,2-6,12,17-18H2,1H3,(H,25,29)(H,26,28)(H,27,30). The summed E-state index contributed by atoms with van der Waals surface area (Å²) in [5, 5.41) is 8.01. The van der Waals surface area contributed by atoms with Crippen LogP contribution in [0.3, 0.4) is 0 Å². The predicted octanol–water partition coefficient (Wildman–Crippen LogP) is 4.03. The highest BCUT2D eigenvalue weighted by Gasteiger charge is 2.17. The van der Waals surface area contributed by atoms with E-state index in [1.54, 1.807) is 24.3 Å². The Morgan fingerprint density at radius 1 is 0.733 bits per heavy atom. The lowest BCUT2D eigenvalue weighted by atomic mass is 10.1. The van der Waals surface area contributed by atoms with Crippen LogP contribution in [0.5, 0.6) is 0 Å². The van der Waals surface area contributed by atoms with Gasteiger partial charge in [-0.15, -0.1) is 0 Å². The summed E-state index contributed by atoms with van der Waals surface area (Å²) in [6.07, 6.45) is 6.65. The number of hydrogen-bond donors (Lipinski definition) is 3. The van der Waals surface area contributed by atoms with E-state index >= 15 is 0 Å². The van der Waals surface area contributed by atoms with Crippen LogP contribution >= 0.6 is 0 Å². The Bertz CT molecular complexity index is 821. The van der Waals surface area contributed by atoms with Gasteiger partial charge >= 0.3 is 11.8 Å². The van der Waals surface area contributed by atoms with E-state index in [1.165, 1.54) is 19.3 Å². The molecular weight excluding hydrogens is 378 g/mol. The van der Waals surface area contributed by atoms with Crippen LogP contribution in [0, 0.1) is 0 Å². The van der Waals surface area contributed by atoms with Crippen LogP contribution in [0.4, 0.5) is 5.69 Å². The van der Waals surface area contributed by atoms with Gasteiger partial charge in [-0.2, -0.15) is 0 Å². The van der Waals surface area contributed by atoms with Crippen LogP contribution in [0.2, 0.25) is 0 Å². The third-order valence-electron chi connectivity index (χ3n) is 4.74. The topological polar surface area (TPSA) is 87.3 Å². The number of carbonyl (C=O) groups excluding carboxylic acids is 3. The number of para-hydroxylation sites is 1. The van der Waals surface area contributed by atoms with E-state index in [0.717, 1.165) is 24.8 Å². The molecule has 0 aliphatic heterocycles. The van der Waals surface area contributed by atoms with Crippen molar-refractivity contribution in [2.75, 3.05) is 11.9 Å². The van der Waals surface area contributed by atoms with Crippen molar-refractivity contribution >= 4 is 23.4 Å². The van der Waals surface area contributed by atoms with E-state index in [9.17, 15) is 14.4 Å². The van der Waals surface area contributed by atoms with Gasteiger partial charge in [-0.25, -0.2) is 0 Å². The molecule has 6 heteroatoms. The van der Waals surface area contributed by atoms with Crippen molar-refractivity contribution in [3.8, 4) is 0 Å². The summed E-state index contributed by atoms with van der Waals surface area (Å²) in [6.45, 7) is 3.02. The molecule has 0 heterocycles. The van der Waals surface area contributed by atoms with Crippen molar-refractivity contribution in [3.05, 3.63) is 65.7 Å². The highest BCUT2D eigenvalue weighted by Crippen LogP contribution is 2.15. The molecule has 0 saturated heterocycles. The Balaban J connectivity index is 1.82. The molecule has 0 aliphatic carbocycles. The highest BCUT2D eigenvalue weighted by molar-refractivity contribution is 6.40. The molecular formula is C24H31N3O3. The van der Waals surface area contributed by atoms with Crippen molar-refractivity contribution in [3.63, 3.8) is 0 Å². The lowest BCUT2D eigenvalue weighted by molar-refractivity contribution is -0.136. The zero-order chi connectivity index (χ0) is 21.6. The SMILES string of the molecule is CCCCCCCCNC(=O)C(=O)Nc1ccccc1C(=O)NCc1ccccc1. The quantitative estimate of drug-likeness (QED) is 0.387. The summed E-state index contributed by atoms with van der Waals surface area (Å²) in [4.78, 5) is 36.8. The normalized spacial score (nSPS) is 10.3. The molecule has 0 spiro atoms. The van der Waals surface area contributed by atoms with Gasteiger partial charge in [-0.05, 0) is 24.1 Å². The number of hydrogen-bond acceptors (Lipinski definition) is 3. The van der Waals surface area contributed by atoms with Crippen molar-refractivity contribution in [2.24, 2.45) is 0 Å². The lowest BCUT2D eigenvalue weighted by Gasteiger charge is -2.11. The third-order valence-corrected chi connectivity index (χ3v) is 4.74. The molecule has 3 N–H and O–H groups in total. The first-order chi connectivity index (χ1) is 14.6. The number of anilines is 1. The molecule has 160 valence electrons. The van der Waals surface area contributed by atoms with Crippen LogP contribution in [0.1, 0.15) is 61.4 Å². The molecule has 6 nitrogen and oxygen atoms in total. The monoisotopic (exact) mass is 409 g/mol. The largest absolute Gasteiger partial charge is 0.348 e. The van der Waals surface area contributed by atoms with E-state index in [1.807, 2.05) is 30.3 Å².